The van der Waals surface area contributed by atoms with Gasteiger partial charge in [0.05, 0.1) is 30.6 Å². The van der Waals surface area contributed by atoms with Gasteiger partial charge in [-0.05, 0) is 13.0 Å². The van der Waals surface area contributed by atoms with Crippen molar-refractivity contribution in [1.29, 1.82) is 0 Å². The van der Waals surface area contributed by atoms with Crippen molar-refractivity contribution in [1.82, 2.24) is 9.97 Å². The van der Waals surface area contributed by atoms with Gasteiger partial charge in [0, 0.05) is 11.6 Å². The molecule has 1 atom stereocenters. The van der Waals surface area contributed by atoms with Crippen LogP contribution in [0.2, 0.25) is 0 Å². The van der Waals surface area contributed by atoms with Crippen molar-refractivity contribution in [3.05, 3.63) is 34.4 Å². The quantitative estimate of drug-likeness (QED) is 0.832. The summed E-state index contributed by atoms with van der Waals surface area (Å²) in [4.78, 5) is 19.9. The SMILES string of the molecule is COC(=O)c1cc(NC(C)c2nccs2)ncc1N. The van der Waals surface area contributed by atoms with Crippen LogP contribution in [0.15, 0.2) is 23.8 Å². The number of aromatic nitrogens is 2. The molecule has 0 saturated heterocycles. The fraction of sp³-hybridized carbons (Fsp3) is 0.250. The van der Waals surface area contributed by atoms with E-state index in [4.69, 9.17) is 5.73 Å². The van der Waals surface area contributed by atoms with E-state index < -0.39 is 5.97 Å². The summed E-state index contributed by atoms with van der Waals surface area (Å²) in [5.41, 5.74) is 6.28. The number of ether oxygens (including phenoxy) is 1. The Hall–Kier alpha value is -2.15. The molecule has 19 heavy (non-hydrogen) atoms. The van der Waals surface area contributed by atoms with Gasteiger partial charge >= 0.3 is 5.97 Å². The van der Waals surface area contributed by atoms with Gasteiger partial charge in [-0.15, -0.1) is 11.3 Å². The topological polar surface area (TPSA) is 90.1 Å². The third kappa shape index (κ3) is 3.00. The Morgan fingerprint density at radius 2 is 2.32 bits per heavy atom. The summed E-state index contributed by atoms with van der Waals surface area (Å²) in [6.07, 6.45) is 3.18. The standard InChI is InChI=1S/C12H14N4O2S/c1-7(11-14-3-4-19-11)16-10-5-8(12(17)18-2)9(13)6-15-10/h3-7H,13H2,1-2H3,(H,15,16). The minimum absolute atomic E-state index is 0.00150. The maximum absolute atomic E-state index is 11.5. The molecule has 0 amide bonds. The highest BCUT2D eigenvalue weighted by Crippen LogP contribution is 2.22. The average molecular weight is 278 g/mol. The first-order chi connectivity index (χ1) is 9.11. The van der Waals surface area contributed by atoms with Crippen LogP contribution in [0, 0.1) is 0 Å². The van der Waals surface area contributed by atoms with Gasteiger partial charge in [0.25, 0.3) is 0 Å². The molecule has 0 aromatic carbocycles. The Morgan fingerprint density at radius 1 is 1.53 bits per heavy atom. The maximum atomic E-state index is 11.5. The summed E-state index contributed by atoms with van der Waals surface area (Å²) in [6, 6.07) is 1.58. The zero-order chi connectivity index (χ0) is 13.8. The number of carbonyl (C=O) groups is 1. The second kappa shape index (κ2) is 5.66. The summed E-state index contributed by atoms with van der Waals surface area (Å²) in [6.45, 7) is 1.97. The molecule has 2 heterocycles. The molecule has 0 radical (unpaired) electrons. The molecular weight excluding hydrogens is 264 g/mol. The fourth-order valence-electron chi connectivity index (χ4n) is 1.56. The van der Waals surface area contributed by atoms with Gasteiger partial charge in [0.15, 0.2) is 0 Å². The zero-order valence-corrected chi connectivity index (χ0v) is 11.4. The molecule has 2 aromatic rings. The van der Waals surface area contributed by atoms with Crippen molar-refractivity contribution in [2.75, 3.05) is 18.2 Å². The molecule has 0 aliphatic heterocycles. The third-order valence-electron chi connectivity index (χ3n) is 2.53. The molecule has 1 unspecified atom stereocenters. The predicted molar refractivity (Wildman–Crippen MR) is 74.1 cm³/mol. The van der Waals surface area contributed by atoms with Crippen molar-refractivity contribution in [3.8, 4) is 0 Å². The van der Waals surface area contributed by atoms with E-state index in [-0.39, 0.29) is 6.04 Å². The molecule has 6 nitrogen and oxygen atoms in total. The summed E-state index contributed by atoms with van der Waals surface area (Å²) >= 11 is 1.55. The summed E-state index contributed by atoms with van der Waals surface area (Å²) in [5, 5.41) is 6.01. The lowest BCUT2D eigenvalue weighted by atomic mass is 10.2. The highest BCUT2D eigenvalue weighted by Gasteiger charge is 2.14. The number of carbonyl (C=O) groups excluding carboxylic acids is 1. The molecule has 0 aliphatic rings. The Bertz CT molecular complexity index is 571. The van der Waals surface area contributed by atoms with Gasteiger partial charge in [0.2, 0.25) is 0 Å². The van der Waals surface area contributed by atoms with Gasteiger partial charge in [-0.2, -0.15) is 0 Å². The Kier molecular flexibility index (Phi) is 3.96. The summed E-state index contributed by atoms with van der Waals surface area (Å²) in [7, 11) is 1.31. The van der Waals surface area contributed by atoms with E-state index in [0.717, 1.165) is 5.01 Å². The Morgan fingerprint density at radius 3 is 2.95 bits per heavy atom. The van der Waals surface area contributed by atoms with E-state index >= 15 is 0 Å². The first kappa shape index (κ1) is 13.3. The summed E-state index contributed by atoms with van der Waals surface area (Å²) in [5.74, 6) is 0.0714. The number of nitrogens with zero attached hydrogens (tertiary/aromatic N) is 2. The van der Waals surface area contributed by atoms with Crippen LogP contribution in [-0.4, -0.2) is 23.0 Å². The number of nitrogen functional groups attached to an aromatic ring is 1. The van der Waals surface area contributed by atoms with Gasteiger partial charge < -0.3 is 15.8 Å². The van der Waals surface area contributed by atoms with Crippen LogP contribution in [0.1, 0.15) is 28.3 Å². The first-order valence-electron chi connectivity index (χ1n) is 5.61. The lowest BCUT2D eigenvalue weighted by Gasteiger charge is -2.13. The van der Waals surface area contributed by atoms with Crippen LogP contribution in [0.5, 0.6) is 0 Å². The number of esters is 1. The molecular formula is C12H14N4O2S. The molecule has 100 valence electrons. The minimum Gasteiger partial charge on any atom is -0.465 e. The van der Waals surface area contributed by atoms with Crippen LogP contribution in [0.3, 0.4) is 0 Å². The van der Waals surface area contributed by atoms with Crippen molar-refractivity contribution < 1.29 is 9.53 Å². The molecule has 7 heteroatoms. The number of methoxy groups -OCH3 is 1. The second-order valence-electron chi connectivity index (χ2n) is 3.88. The number of nitrogens with one attached hydrogen (secondary N) is 1. The highest BCUT2D eigenvalue weighted by molar-refractivity contribution is 7.09. The maximum Gasteiger partial charge on any atom is 0.340 e. The number of nitrogens with two attached hydrogens (primary N) is 1. The van der Waals surface area contributed by atoms with Crippen LogP contribution in [-0.2, 0) is 4.74 Å². The highest BCUT2D eigenvalue weighted by atomic mass is 32.1. The number of hydrogen-bond acceptors (Lipinski definition) is 7. The molecule has 0 bridgehead atoms. The molecule has 3 N–H and O–H groups in total. The fourth-order valence-corrected chi connectivity index (χ4v) is 2.21. The van der Waals surface area contributed by atoms with Gasteiger partial charge in [-0.3, -0.25) is 0 Å². The van der Waals surface area contributed by atoms with Gasteiger partial charge in [0.1, 0.15) is 10.8 Å². The van der Waals surface area contributed by atoms with Gasteiger partial charge in [-0.25, -0.2) is 14.8 Å². The summed E-state index contributed by atoms with van der Waals surface area (Å²) < 4.78 is 4.66. The van der Waals surface area contributed by atoms with Crippen LogP contribution < -0.4 is 11.1 Å². The second-order valence-corrected chi connectivity index (χ2v) is 4.81. The van der Waals surface area contributed by atoms with Crippen molar-refractivity contribution in [2.45, 2.75) is 13.0 Å². The van der Waals surface area contributed by atoms with Crippen molar-refractivity contribution in [3.63, 3.8) is 0 Å². The van der Waals surface area contributed by atoms with Crippen LogP contribution in [0.25, 0.3) is 0 Å². The number of thiazole rings is 1. The number of hydrogen-bond donors (Lipinski definition) is 2. The lowest BCUT2D eigenvalue weighted by molar-refractivity contribution is 0.0602. The number of rotatable bonds is 4. The third-order valence-corrected chi connectivity index (χ3v) is 3.48. The molecule has 0 aliphatic carbocycles. The lowest BCUT2D eigenvalue weighted by Crippen LogP contribution is -2.11. The van der Waals surface area contributed by atoms with E-state index in [1.54, 1.807) is 23.6 Å². The molecule has 2 aromatic heterocycles. The number of pyridine rings is 1. The molecule has 2 rings (SSSR count). The van der Waals surface area contributed by atoms with Crippen molar-refractivity contribution >= 4 is 28.8 Å². The van der Waals surface area contributed by atoms with Crippen LogP contribution >= 0.6 is 11.3 Å². The van der Waals surface area contributed by atoms with E-state index in [1.807, 2.05) is 12.3 Å². The van der Waals surface area contributed by atoms with E-state index in [2.05, 4.69) is 20.0 Å². The van der Waals surface area contributed by atoms with Crippen molar-refractivity contribution in [2.24, 2.45) is 0 Å². The average Bonchev–Trinajstić information content (AvgIpc) is 2.94. The monoisotopic (exact) mass is 278 g/mol. The Balaban J connectivity index is 2.19. The predicted octanol–water partition coefficient (Wildman–Crippen LogP) is 2.08. The van der Waals surface area contributed by atoms with E-state index in [1.165, 1.54) is 13.3 Å². The molecule has 0 spiro atoms. The zero-order valence-electron chi connectivity index (χ0n) is 10.6. The molecule has 0 saturated carbocycles. The van der Waals surface area contributed by atoms with Crippen LogP contribution in [0.4, 0.5) is 11.5 Å². The minimum atomic E-state index is -0.482. The largest absolute Gasteiger partial charge is 0.465 e. The Labute approximate surface area is 114 Å². The normalized spacial score (nSPS) is 11.9. The van der Waals surface area contributed by atoms with E-state index in [9.17, 15) is 4.79 Å². The number of anilines is 2. The first-order valence-corrected chi connectivity index (χ1v) is 6.49. The smallest absolute Gasteiger partial charge is 0.340 e. The van der Waals surface area contributed by atoms with E-state index in [0.29, 0.717) is 17.1 Å². The molecule has 0 fully saturated rings. The van der Waals surface area contributed by atoms with Gasteiger partial charge in [-0.1, -0.05) is 0 Å².